The Balaban J connectivity index is 1.75. The third kappa shape index (κ3) is 2.80. The van der Waals surface area contributed by atoms with Crippen LogP contribution in [0.2, 0.25) is 5.02 Å². The Hall–Kier alpha value is -1.84. The van der Waals surface area contributed by atoms with E-state index < -0.39 is 0 Å². The molecule has 3 rings (SSSR count). The van der Waals surface area contributed by atoms with Crippen LogP contribution in [0.25, 0.3) is 10.8 Å². The molecule has 4 heteroatoms. The fraction of sp³-hybridized carbons (Fsp3) is 0.235. The van der Waals surface area contributed by atoms with Crippen molar-refractivity contribution in [2.45, 2.75) is 20.0 Å². The second-order valence-corrected chi connectivity index (χ2v) is 5.59. The van der Waals surface area contributed by atoms with Crippen LogP contribution < -0.4 is 5.32 Å². The smallest absolute Gasteiger partial charge is 0.0860 e. The Morgan fingerprint density at radius 2 is 1.86 bits per heavy atom. The maximum Gasteiger partial charge on any atom is 0.0860 e. The van der Waals surface area contributed by atoms with Gasteiger partial charge in [-0.1, -0.05) is 54.1 Å². The van der Waals surface area contributed by atoms with Crippen molar-refractivity contribution in [2.24, 2.45) is 7.05 Å². The van der Waals surface area contributed by atoms with Gasteiger partial charge in [0.2, 0.25) is 0 Å². The summed E-state index contributed by atoms with van der Waals surface area (Å²) < 4.78 is 1.84. The van der Waals surface area contributed by atoms with Gasteiger partial charge in [0.05, 0.1) is 16.4 Å². The zero-order valence-corrected chi connectivity index (χ0v) is 13.0. The Morgan fingerprint density at radius 3 is 2.62 bits per heavy atom. The van der Waals surface area contributed by atoms with E-state index in [-0.39, 0.29) is 0 Å². The van der Waals surface area contributed by atoms with Gasteiger partial charge in [-0.3, -0.25) is 4.68 Å². The van der Waals surface area contributed by atoms with E-state index in [1.165, 1.54) is 16.3 Å². The molecule has 0 bridgehead atoms. The molecular formula is C17H18ClN3. The lowest BCUT2D eigenvalue weighted by molar-refractivity contribution is 0.626. The number of hydrogen-bond donors (Lipinski definition) is 1. The summed E-state index contributed by atoms with van der Waals surface area (Å²) in [5.74, 6) is 0. The van der Waals surface area contributed by atoms with Gasteiger partial charge in [-0.2, -0.15) is 5.10 Å². The van der Waals surface area contributed by atoms with E-state index in [0.29, 0.717) is 6.54 Å². The lowest BCUT2D eigenvalue weighted by Gasteiger charge is -2.09. The standard InChI is InChI=1S/C17H18ClN3/c1-12-17(18)16(21(2)20-12)11-19-10-14-8-5-7-13-6-3-4-9-15(13)14/h3-9,19H,10-11H2,1-2H3. The predicted molar refractivity (Wildman–Crippen MR) is 87.4 cm³/mol. The van der Waals surface area contributed by atoms with Crippen LogP contribution >= 0.6 is 11.6 Å². The minimum absolute atomic E-state index is 0.708. The molecule has 0 unspecified atom stereocenters. The molecule has 0 aliphatic carbocycles. The summed E-state index contributed by atoms with van der Waals surface area (Å²) in [7, 11) is 1.92. The molecule has 0 amide bonds. The van der Waals surface area contributed by atoms with Crippen molar-refractivity contribution in [3.05, 3.63) is 64.4 Å². The molecule has 0 saturated heterocycles. The van der Waals surface area contributed by atoms with Crippen LogP contribution in [-0.2, 0) is 20.1 Å². The number of rotatable bonds is 4. The van der Waals surface area contributed by atoms with Gasteiger partial charge in [-0.15, -0.1) is 0 Å². The maximum absolute atomic E-state index is 6.27. The van der Waals surface area contributed by atoms with Crippen LogP contribution in [0.3, 0.4) is 0 Å². The second kappa shape index (κ2) is 5.88. The number of aryl methyl sites for hydroxylation is 2. The molecule has 0 aliphatic heterocycles. The molecule has 2 aromatic carbocycles. The number of fused-ring (bicyclic) bond motifs is 1. The van der Waals surface area contributed by atoms with E-state index in [2.05, 4.69) is 52.9 Å². The van der Waals surface area contributed by atoms with E-state index in [4.69, 9.17) is 11.6 Å². The van der Waals surface area contributed by atoms with Gasteiger partial charge in [0, 0.05) is 20.1 Å². The summed E-state index contributed by atoms with van der Waals surface area (Å²) in [5.41, 5.74) is 3.19. The molecule has 3 aromatic rings. The molecule has 0 spiro atoms. The lowest BCUT2D eigenvalue weighted by atomic mass is 10.0. The highest BCUT2D eigenvalue weighted by Gasteiger charge is 2.10. The van der Waals surface area contributed by atoms with Crippen LogP contribution in [0.15, 0.2) is 42.5 Å². The topological polar surface area (TPSA) is 29.9 Å². The average molecular weight is 300 g/mol. The van der Waals surface area contributed by atoms with Gasteiger partial charge in [-0.05, 0) is 23.3 Å². The molecule has 1 N–H and O–H groups in total. The quantitative estimate of drug-likeness (QED) is 0.793. The van der Waals surface area contributed by atoms with E-state index in [1.54, 1.807) is 0 Å². The third-order valence-corrected chi connectivity index (χ3v) is 4.24. The predicted octanol–water partition coefficient (Wildman–Crippen LogP) is 3.82. The van der Waals surface area contributed by atoms with Crippen molar-refractivity contribution in [3.63, 3.8) is 0 Å². The largest absolute Gasteiger partial charge is 0.307 e. The zero-order valence-electron chi connectivity index (χ0n) is 12.2. The van der Waals surface area contributed by atoms with Gasteiger partial charge in [0.15, 0.2) is 0 Å². The van der Waals surface area contributed by atoms with E-state index in [9.17, 15) is 0 Å². The van der Waals surface area contributed by atoms with E-state index in [1.807, 2.05) is 18.7 Å². The summed E-state index contributed by atoms with van der Waals surface area (Å²) in [5, 5.41) is 11.1. The number of aromatic nitrogens is 2. The first-order valence-corrected chi connectivity index (χ1v) is 7.40. The molecule has 108 valence electrons. The summed E-state index contributed by atoms with van der Waals surface area (Å²) in [4.78, 5) is 0. The summed E-state index contributed by atoms with van der Waals surface area (Å²) in [6.07, 6.45) is 0. The zero-order chi connectivity index (χ0) is 14.8. The molecular weight excluding hydrogens is 282 g/mol. The second-order valence-electron chi connectivity index (χ2n) is 5.21. The highest BCUT2D eigenvalue weighted by atomic mass is 35.5. The number of hydrogen-bond acceptors (Lipinski definition) is 2. The Labute approximate surface area is 129 Å². The minimum atomic E-state index is 0.708. The van der Waals surface area contributed by atoms with Crippen molar-refractivity contribution in [2.75, 3.05) is 0 Å². The van der Waals surface area contributed by atoms with Crippen molar-refractivity contribution in [1.82, 2.24) is 15.1 Å². The maximum atomic E-state index is 6.27. The number of halogens is 1. The Kier molecular flexibility index (Phi) is 3.95. The molecule has 0 fully saturated rings. The first-order valence-electron chi connectivity index (χ1n) is 7.02. The molecule has 1 heterocycles. The van der Waals surface area contributed by atoms with Crippen LogP contribution in [0.5, 0.6) is 0 Å². The van der Waals surface area contributed by atoms with Crippen molar-refractivity contribution in [1.29, 1.82) is 0 Å². The molecule has 0 atom stereocenters. The lowest BCUT2D eigenvalue weighted by Crippen LogP contribution is -2.15. The fourth-order valence-corrected chi connectivity index (χ4v) is 2.86. The van der Waals surface area contributed by atoms with Crippen LogP contribution in [0.4, 0.5) is 0 Å². The van der Waals surface area contributed by atoms with Crippen LogP contribution in [-0.4, -0.2) is 9.78 Å². The average Bonchev–Trinajstić information content (AvgIpc) is 2.73. The number of nitrogens with one attached hydrogen (secondary N) is 1. The van der Waals surface area contributed by atoms with Gasteiger partial charge >= 0.3 is 0 Å². The molecule has 0 aliphatic rings. The first kappa shape index (κ1) is 14.1. The first-order chi connectivity index (χ1) is 10.2. The van der Waals surface area contributed by atoms with Crippen LogP contribution in [0, 0.1) is 6.92 Å². The fourth-order valence-electron chi connectivity index (χ4n) is 2.63. The van der Waals surface area contributed by atoms with Crippen molar-refractivity contribution in [3.8, 4) is 0 Å². The third-order valence-electron chi connectivity index (χ3n) is 3.75. The molecule has 21 heavy (non-hydrogen) atoms. The monoisotopic (exact) mass is 299 g/mol. The molecule has 1 aromatic heterocycles. The number of nitrogens with zero attached hydrogens (tertiary/aromatic N) is 2. The minimum Gasteiger partial charge on any atom is -0.307 e. The van der Waals surface area contributed by atoms with Crippen molar-refractivity contribution < 1.29 is 0 Å². The van der Waals surface area contributed by atoms with Gasteiger partial charge in [-0.25, -0.2) is 0 Å². The highest BCUT2D eigenvalue weighted by molar-refractivity contribution is 6.31. The Morgan fingerprint density at radius 1 is 1.10 bits per heavy atom. The van der Waals surface area contributed by atoms with Crippen LogP contribution in [0.1, 0.15) is 17.0 Å². The molecule has 0 radical (unpaired) electrons. The number of benzene rings is 2. The van der Waals surface area contributed by atoms with Crippen molar-refractivity contribution >= 4 is 22.4 Å². The van der Waals surface area contributed by atoms with Gasteiger partial charge in [0.1, 0.15) is 0 Å². The van der Waals surface area contributed by atoms with Gasteiger partial charge in [0.25, 0.3) is 0 Å². The summed E-state index contributed by atoms with van der Waals surface area (Å²) in [6, 6.07) is 14.8. The SMILES string of the molecule is Cc1nn(C)c(CNCc2cccc3ccccc23)c1Cl. The molecule has 3 nitrogen and oxygen atoms in total. The highest BCUT2D eigenvalue weighted by Crippen LogP contribution is 2.20. The van der Waals surface area contributed by atoms with Gasteiger partial charge < -0.3 is 5.32 Å². The van der Waals surface area contributed by atoms with E-state index >= 15 is 0 Å². The molecule has 0 saturated carbocycles. The normalized spacial score (nSPS) is 11.2. The summed E-state index contributed by atoms with van der Waals surface area (Å²) in [6.45, 7) is 3.44. The summed E-state index contributed by atoms with van der Waals surface area (Å²) >= 11 is 6.27. The Bertz CT molecular complexity index is 772. The van der Waals surface area contributed by atoms with E-state index in [0.717, 1.165) is 23.0 Å².